The lowest BCUT2D eigenvalue weighted by Gasteiger charge is -2.07. The second-order valence-electron chi connectivity index (χ2n) is 4.36. The van der Waals surface area contributed by atoms with Gasteiger partial charge in [0.2, 0.25) is 0 Å². The Balaban J connectivity index is 1.82. The van der Waals surface area contributed by atoms with Crippen molar-refractivity contribution < 1.29 is 9.18 Å². The SMILES string of the molecule is CCc1nnsc1C(=O)Nc1ccc(-n2cncn2)c(F)c1. The molecule has 0 saturated carbocycles. The summed E-state index contributed by atoms with van der Waals surface area (Å²) in [6, 6.07) is 4.35. The first-order valence-corrected chi connectivity index (χ1v) is 7.23. The van der Waals surface area contributed by atoms with Crippen molar-refractivity contribution in [1.82, 2.24) is 24.4 Å². The van der Waals surface area contributed by atoms with Gasteiger partial charge in [0.25, 0.3) is 5.91 Å². The number of amides is 1. The van der Waals surface area contributed by atoms with Crippen LogP contribution in [-0.4, -0.2) is 30.3 Å². The first kappa shape index (κ1) is 14.3. The van der Waals surface area contributed by atoms with Crippen LogP contribution in [0.5, 0.6) is 0 Å². The minimum Gasteiger partial charge on any atom is -0.321 e. The highest BCUT2D eigenvalue weighted by molar-refractivity contribution is 7.08. The van der Waals surface area contributed by atoms with Gasteiger partial charge in [-0.2, -0.15) is 5.10 Å². The summed E-state index contributed by atoms with van der Waals surface area (Å²) in [6.45, 7) is 1.89. The molecule has 7 nitrogen and oxygen atoms in total. The summed E-state index contributed by atoms with van der Waals surface area (Å²) in [4.78, 5) is 16.3. The van der Waals surface area contributed by atoms with Crippen LogP contribution in [0.2, 0.25) is 0 Å². The molecule has 0 fully saturated rings. The number of halogens is 1. The minimum absolute atomic E-state index is 0.254. The molecule has 0 aliphatic carbocycles. The van der Waals surface area contributed by atoms with E-state index in [2.05, 4.69) is 25.0 Å². The monoisotopic (exact) mass is 318 g/mol. The average Bonchev–Trinajstić information content (AvgIpc) is 3.18. The Bertz CT molecular complexity index is 801. The van der Waals surface area contributed by atoms with E-state index in [1.165, 1.54) is 29.5 Å². The van der Waals surface area contributed by atoms with Gasteiger partial charge in [0.05, 0.1) is 5.69 Å². The molecule has 0 saturated heterocycles. The Morgan fingerprint density at radius 3 is 3.00 bits per heavy atom. The lowest BCUT2D eigenvalue weighted by molar-refractivity contribution is 0.102. The van der Waals surface area contributed by atoms with E-state index in [1.54, 1.807) is 6.07 Å². The van der Waals surface area contributed by atoms with E-state index in [1.807, 2.05) is 6.92 Å². The van der Waals surface area contributed by atoms with Gasteiger partial charge >= 0.3 is 0 Å². The maximum atomic E-state index is 14.1. The number of nitrogens with zero attached hydrogens (tertiary/aromatic N) is 5. The quantitative estimate of drug-likeness (QED) is 0.796. The third kappa shape index (κ3) is 2.70. The van der Waals surface area contributed by atoms with Crippen LogP contribution >= 0.6 is 11.5 Å². The number of hydrogen-bond donors (Lipinski definition) is 1. The fourth-order valence-electron chi connectivity index (χ4n) is 1.90. The number of carbonyl (C=O) groups excluding carboxylic acids is 1. The van der Waals surface area contributed by atoms with Crippen LogP contribution in [0.25, 0.3) is 5.69 Å². The largest absolute Gasteiger partial charge is 0.321 e. The second kappa shape index (κ2) is 5.98. The summed E-state index contributed by atoms with van der Waals surface area (Å²) < 4.78 is 19.2. The number of hydrogen-bond acceptors (Lipinski definition) is 6. The lowest BCUT2D eigenvalue weighted by Crippen LogP contribution is -2.12. The van der Waals surface area contributed by atoms with Gasteiger partial charge in [-0.25, -0.2) is 14.1 Å². The molecule has 3 aromatic rings. The van der Waals surface area contributed by atoms with Gasteiger partial charge in [-0.3, -0.25) is 4.79 Å². The zero-order chi connectivity index (χ0) is 15.5. The Hall–Kier alpha value is -2.68. The molecule has 1 amide bonds. The molecule has 112 valence electrons. The first-order chi connectivity index (χ1) is 10.7. The molecular formula is C13H11FN6OS. The fraction of sp³-hybridized carbons (Fsp3) is 0.154. The second-order valence-corrected chi connectivity index (χ2v) is 5.12. The molecule has 0 bridgehead atoms. The predicted molar refractivity (Wildman–Crippen MR) is 78.6 cm³/mol. The first-order valence-electron chi connectivity index (χ1n) is 6.46. The summed E-state index contributed by atoms with van der Waals surface area (Å²) in [6.07, 6.45) is 3.32. The highest BCUT2D eigenvalue weighted by Crippen LogP contribution is 2.19. The molecule has 1 aromatic carbocycles. The van der Waals surface area contributed by atoms with Crippen LogP contribution in [0.4, 0.5) is 10.1 Å². The summed E-state index contributed by atoms with van der Waals surface area (Å²) >= 11 is 1.02. The van der Waals surface area contributed by atoms with Crippen molar-refractivity contribution in [3.63, 3.8) is 0 Å². The van der Waals surface area contributed by atoms with Crippen LogP contribution in [0.3, 0.4) is 0 Å². The molecule has 2 heterocycles. The maximum absolute atomic E-state index is 14.1. The van der Waals surface area contributed by atoms with Crippen molar-refractivity contribution in [3.8, 4) is 5.69 Å². The maximum Gasteiger partial charge on any atom is 0.269 e. The summed E-state index contributed by atoms with van der Waals surface area (Å²) in [7, 11) is 0. The van der Waals surface area contributed by atoms with E-state index in [-0.39, 0.29) is 11.6 Å². The van der Waals surface area contributed by atoms with E-state index < -0.39 is 5.82 Å². The predicted octanol–water partition coefficient (Wildman–Crippen LogP) is 2.07. The van der Waals surface area contributed by atoms with Crippen LogP contribution in [0, 0.1) is 5.82 Å². The highest BCUT2D eigenvalue weighted by atomic mass is 32.1. The van der Waals surface area contributed by atoms with Crippen molar-refractivity contribution in [2.45, 2.75) is 13.3 Å². The Morgan fingerprint density at radius 2 is 2.32 bits per heavy atom. The number of rotatable bonds is 4. The van der Waals surface area contributed by atoms with Crippen molar-refractivity contribution in [3.05, 3.63) is 47.2 Å². The van der Waals surface area contributed by atoms with Gasteiger partial charge < -0.3 is 5.32 Å². The molecule has 2 aromatic heterocycles. The minimum atomic E-state index is -0.513. The third-order valence-electron chi connectivity index (χ3n) is 2.97. The van der Waals surface area contributed by atoms with Crippen molar-refractivity contribution in [2.75, 3.05) is 5.32 Å². The van der Waals surface area contributed by atoms with Gasteiger partial charge in [0.1, 0.15) is 23.2 Å². The van der Waals surface area contributed by atoms with Crippen LogP contribution in [-0.2, 0) is 6.42 Å². The van der Waals surface area contributed by atoms with Crippen molar-refractivity contribution in [1.29, 1.82) is 0 Å². The number of anilines is 1. The number of carbonyl (C=O) groups is 1. The van der Waals surface area contributed by atoms with E-state index in [9.17, 15) is 9.18 Å². The fourth-order valence-corrected chi connectivity index (χ4v) is 2.55. The third-order valence-corrected chi connectivity index (χ3v) is 3.73. The summed E-state index contributed by atoms with van der Waals surface area (Å²) in [5.41, 5.74) is 1.23. The Kier molecular flexibility index (Phi) is 3.88. The van der Waals surface area contributed by atoms with Crippen LogP contribution in [0.1, 0.15) is 22.3 Å². The van der Waals surface area contributed by atoms with Gasteiger partial charge in [0.15, 0.2) is 5.82 Å². The molecule has 1 N–H and O–H groups in total. The van der Waals surface area contributed by atoms with Crippen molar-refractivity contribution >= 4 is 23.1 Å². The zero-order valence-electron chi connectivity index (χ0n) is 11.5. The Labute approximate surface area is 129 Å². The molecule has 0 atom stereocenters. The lowest BCUT2D eigenvalue weighted by atomic mass is 10.2. The number of aryl methyl sites for hydroxylation is 1. The van der Waals surface area contributed by atoms with Gasteiger partial charge in [-0.15, -0.1) is 5.10 Å². The van der Waals surface area contributed by atoms with Gasteiger partial charge in [-0.1, -0.05) is 11.4 Å². The molecular weight excluding hydrogens is 307 g/mol. The highest BCUT2D eigenvalue weighted by Gasteiger charge is 2.16. The molecule has 0 spiro atoms. The Morgan fingerprint density at radius 1 is 1.45 bits per heavy atom. The molecule has 0 unspecified atom stereocenters. The molecule has 9 heteroatoms. The molecule has 0 aliphatic rings. The zero-order valence-corrected chi connectivity index (χ0v) is 12.3. The summed E-state index contributed by atoms with van der Waals surface area (Å²) in [5.74, 6) is -0.860. The molecule has 0 radical (unpaired) electrons. The normalized spacial score (nSPS) is 10.6. The number of benzene rings is 1. The molecule has 3 rings (SSSR count). The molecule has 22 heavy (non-hydrogen) atoms. The topological polar surface area (TPSA) is 85.6 Å². The number of aromatic nitrogens is 5. The number of nitrogens with one attached hydrogen (secondary N) is 1. The van der Waals surface area contributed by atoms with E-state index in [0.29, 0.717) is 22.7 Å². The smallest absolute Gasteiger partial charge is 0.269 e. The standard InChI is InChI=1S/C13H11FN6OS/c1-2-10-12(22-19-18-10)13(21)17-8-3-4-11(9(14)5-8)20-7-15-6-16-20/h3-7H,2H2,1H3,(H,17,21). The van der Waals surface area contributed by atoms with Crippen LogP contribution < -0.4 is 5.32 Å². The van der Waals surface area contributed by atoms with Gasteiger partial charge in [0, 0.05) is 5.69 Å². The van der Waals surface area contributed by atoms with Crippen LogP contribution in [0.15, 0.2) is 30.9 Å². The molecule has 0 aliphatic heterocycles. The summed E-state index contributed by atoms with van der Waals surface area (Å²) in [5, 5.41) is 10.4. The average molecular weight is 318 g/mol. The van der Waals surface area contributed by atoms with E-state index in [4.69, 9.17) is 0 Å². The van der Waals surface area contributed by atoms with E-state index >= 15 is 0 Å². The van der Waals surface area contributed by atoms with Gasteiger partial charge in [-0.05, 0) is 36.2 Å². The van der Waals surface area contributed by atoms with Crippen molar-refractivity contribution in [2.24, 2.45) is 0 Å². The van der Waals surface area contributed by atoms with E-state index in [0.717, 1.165) is 11.5 Å².